The van der Waals surface area contributed by atoms with Gasteiger partial charge in [-0.05, 0) is 31.0 Å². The number of amides is 1. The van der Waals surface area contributed by atoms with E-state index in [1.165, 1.54) is 10.9 Å². The van der Waals surface area contributed by atoms with Crippen LogP contribution >= 0.6 is 11.8 Å². The van der Waals surface area contributed by atoms with Gasteiger partial charge in [-0.25, -0.2) is 0 Å². The number of likely N-dealkylation sites (tertiary alicyclic amines) is 1. The largest absolute Gasteiger partial charge is 0.340 e. The lowest BCUT2D eigenvalue weighted by Crippen LogP contribution is -2.48. The van der Waals surface area contributed by atoms with Crippen LogP contribution in [0.25, 0.3) is 10.9 Å². The van der Waals surface area contributed by atoms with Crippen molar-refractivity contribution in [1.29, 1.82) is 0 Å². The second kappa shape index (κ2) is 7.11. The molecular formula is C19H23N3OS. The Morgan fingerprint density at radius 2 is 2.00 bits per heavy atom. The Labute approximate surface area is 147 Å². The van der Waals surface area contributed by atoms with E-state index in [0.717, 1.165) is 56.0 Å². The molecule has 2 aromatic rings. The van der Waals surface area contributed by atoms with Gasteiger partial charge in [-0.1, -0.05) is 24.3 Å². The van der Waals surface area contributed by atoms with Crippen molar-refractivity contribution >= 4 is 28.6 Å². The molecule has 0 spiro atoms. The number of nitrogens with zero attached hydrogens (tertiary/aromatic N) is 3. The van der Waals surface area contributed by atoms with Crippen LogP contribution in [0.5, 0.6) is 0 Å². The third-order valence-corrected chi connectivity index (χ3v) is 6.00. The summed E-state index contributed by atoms with van der Waals surface area (Å²) in [6.07, 6.45) is 3.95. The molecule has 0 bridgehead atoms. The van der Waals surface area contributed by atoms with Crippen LogP contribution in [0.2, 0.25) is 0 Å². The Morgan fingerprint density at radius 1 is 1.17 bits per heavy atom. The van der Waals surface area contributed by atoms with Crippen molar-refractivity contribution in [1.82, 2.24) is 14.8 Å². The molecule has 0 aliphatic carbocycles. The van der Waals surface area contributed by atoms with Crippen molar-refractivity contribution in [2.45, 2.75) is 25.4 Å². The molecule has 1 aromatic heterocycles. The number of pyridine rings is 1. The summed E-state index contributed by atoms with van der Waals surface area (Å²) >= 11 is 1.95. The molecule has 4 rings (SSSR count). The average Bonchev–Trinajstić information content (AvgIpc) is 3.10. The van der Waals surface area contributed by atoms with Crippen LogP contribution in [0.15, 0.2) is 36.5 Å². The number of benzene rings is 1. The number of para-hydroxylation sites is 1. The van der Waals surface area contributed by atoms with Crippen LogP contribution in [0.4, 0.5) is 0 Å². The summed E-state index contributed by atoms with van der Waals surface area (Å²) in [7, 11) is 0. The van der Waals surface area contributed by atoms with Gasteiger partial charge in [0.1, 0.15) is 0 Å². The lowest BCUT2D eigenvalue weighted by Gasteiger charge is -2.32. The Balaban J connectivity index is 1.53. The molecule has 5 heteroatoms. The molecule has 2 aliphatic rings. The zero-order valence-corrected chi connectivity index (χ0v) is 14.7. The number of fused-ring (bicyclic) bond motifs is 1. The zero-order chi connectivity index (χ0) is 16.4. The fraction of sp³-hybridized carbons (Fsp3) is 0.474. The first-order valence-electron chi connectivity index (χ1n) is 8.76. The molecule has 1 unspecified atom stereocenters. The van der Waals surface area contributed by atoms with E-state index < -0.39 is 0 Å². The van der Waals surface area contributed by atoms with Gasteiger partial charge in [0.15, 0.2) is 0 Å². The fourth-order valence-electron chi connectivity index (χ4n) is 3.80. The minimum atomic E-state index is 0.0482. The van der Waals surface area contributed by atoms with E-state index in [4.69, 9.17) is 0 Å². The maximum absolute atomic E-state index is 12.9. The van der Waals surface area contributed by atoms with Crippen molar-refractivity contribution in [3.8, 4) is 0 Å². The molecule has 3 heterocycles. The number of thioether (sulfide) groups is 1. The van der Waals surface area contributed by atoms with Gasteiger partial charge < -0.3 is 4.90 Å². The fourth-order valence-corrected chi connectivity index (χ4v) is 4.71. The summed E-state index contributed by atoms with van der Waals surface area (Å²) in [6.45, 7) is 3.63. The topological polar surface area (TPSA) is 36.4 Å². The van der Waals surface area contributed by atoms with E-state index in [9.17, 15) is 4.79 Å². The van der Waals surface area contributed by atoms with Crippen molar-refractivity contribution in [2.24, 2.45) is 0 Å². The molecule has 0 saturated carbocycles. The van der Waals surface area contributed by atoms with Gasteiger partial charge in [0.25, 0.3) is 0 Å². The number of carbonyl (C=O) groups excluding carboxylic acids is 1. The zero-order valence-electron chi connectivity index (χ0n) is 13.9. The lowest BCUT2D eigenvalue weighted by molar-refractivity contribution is -0.135. The highest BCUT2D eigenvalue weighted by Crippen LogP contribution is 2.25. The Kier molecular flexibility index (Phi) is 4.72. The molecule has 24 heavy (non-hydrogen) atoms. The van der Waals surface area contributed by atoms with E-state index >= 15 is 0 Å². The molecule has 126 valence electrons. The molecule has 1 amide bonds. The normalized spacial score (nSPS) is 22.2. The second-order valence-electron chi connectivity index (χ2n) is 6.56. The predicted octanol–water partition coefficient (Wildman–Crippen LogP) is 2.77. The van der Waals surface area contributed by atoms with Crippen molar-refractivity contribution in [3.05, 3.63) is 42.1 Å². The maximum Gasteiger partial charge on any atom is 0.239 e. The van der Waals surface area contributed by atoms with Crippen LogP contribution < -0.4 is 0 Å². The standard InChI is InChI=1S/C19H23N3OS/c23-19(21-10-12-24-13-11-21)17-7-3-9-22(17)14-16-5-1-4-15-6-2-8-20-18(15)16/h1-2,4-6,8,17H,3,7,9-14H2. The average molecular weight is 341 g/mol. The first-order valence-corrected chi connectivity index (χ1v) is 9.91. The lowest BCUT2D eigenvalue weighted by atomic mass is 10.1. The van der Waals surface area contributed by atoms with Gasteiger partial charge in [0.2, 0.25) is 5.91 Å². The van der Waals surface area contributed by atoms with E-state index in [1.807, 2.05) is 24.0 Å². The quantitative estimate of drug-likeness (QED) is 0.860. The van der Waals surface area contributed by atoms with Crippen LogP contribution in [-0.2, 0) is 11.3 Å². The van der Waals surface area contributed by atoms with Gasteiger partial charge in [-0.15, -0.1) is 0 Å². The van der Waals surface area contributed by atoms with Crippen molar-refractivity contribution < 1.29 is 4.79 Å². The SMILES string of the molecule is O=C(C1CCCN1Cc1cccc2cccnc12)N1CCSCC1. The number of aromatic nitrogens is 1. The second-order valence-corrected chi connectivity index (χ2v) is 7.78. The Bertz CT molecular complexity index is 724. The number of hydrogen-bond acceptors (Lipinski definition) is 4. The van der Waals surface area contributed by atoms with Gasteiger partial charge in [-0.3, -0.25) is 14.7 Å². The summed E-state index contributed by atoms with van der Waals surface area (Å²) in [5, 5.41) is 1.17. The highest BCUT2D eigenvalue weighted by molar-refractivity contribution is 7.99. The van der Waals surface area contributed by atoms with Crippen LogP contribution in [0.1, 0.15) is 18.4 Å². The Morgan fingerprint density at radius 3 is 2.88 bits per heavy atom. The first-order chi connectivity index (χ1) is 11.8. The molecule has 2 fully saturated rings. The van der Waals surface area contributed by atoms with Gasteiger partial charge in [0, 0.05) is 42.7 Å². The highest BCUT2D eigenvalue weighted by Gasteiger charge is 2.34. The summed E-state index contributed by atoms with van der Waals surface area (Å²) in [6, 6.07) is 10.5. The van der Waals surface area contributed by atoms with Crippen LogP contribution in [0, 0.1) is 0 Å². The molecule has 2 saturated heterocycles. The molecule has 1 atom stereocenters. The predicted molar refractivity (Wildman–Crippen MR) is 99.1 cm³/mol. The van der Waals surface area contributed by atoms with Crippen LogP contribution in [0.3, 0.4) is 0 Å². The third-order valence-electron chi connectivity index (χ3n) is 5.06. The van der Waals surface area contributed by atoms with Gasteiger partial charge >= 0.3 is 0 Å². The summed E-state index contributed by atoms with van der Waals surface area (Å²) in [5.74, 6) is 2.48. The van der Waals surface area contributed by atoms with Crippen molar-refractivity contribution in [3.63, 3.8) is 0 Å². The third kappa shape index (κ3) is 3.15. The molecule has 0 radical (unpaired) electrons. The van der Waals surface area contributed by atoms with E-state index in [1.54, 1.807) is 0 Å². The molecular weight excluding hydrogens is 318 g/mol. The molecule has 2 aliphatic heterocycles. The maximum atomic E-state index is 12.9. The number of hydrogen-bond donors (Lipinski definition) is 0. The van der Waals surface area contributed by atoms with Gasteiger partial charge in [0.05, 0.1) is 11.6 Å². The first kappa shape index (κ1) is 15.9. The van der Waals surface area contributed by atoms with Crippen molar-refractivity contribution in [2.75, 3.05) is 31.1 Å². The van der Waals surface area contributed by atoms with E-state index in [0.29, 0.717) is 5.91 Å². The molecule has 4 nitrogen and oxygen atoms in total. The van der Waals surface area contributed by atoms with Gasteiger partial charge in [-0.2, -0.15) is 11.8 Å². The highest BCUT2D eigenvalue weighted by atomic mass is 32.2. The monoisotopic (exact) mass is 341 g/mol. The van der Waals surface area contributed by atoms with Crippen LogP contribution in [-0.4, -0.2) is 57.9 Å². The molecule has 1 aromatic carbocycles. The van der Waals surface area contributed by atoms with E-state index in [-0.39, 0.29) is 6.04 Å². The number of carbonyl (C=O) groups is 1. The smallest absolute Gasteiger partial charge is 0.239 e. The van der Waals surface area contributed by atoms with E-state index in [2.05, 4.69) is 39.0 Å². The summed E-state index contributed by atoms with van der Waals surface area (Å²) in [5.41, 5.74) is 2.29. The molecule has 0 N–H and O–H groups in total. The Hall–Kier alpha value is -1.59. The summed E-state index contributed by atoms with van der Waals surface area (Å²) < 4.78 is 0. The minimum Gasteiger partial charge on any atom is -0.340 e. The summed E-state index contributed by atoms with van der Waals surface area (Å²) in [4.78, 5) is 21.9. The number of rotatable bonds is 3. The minimum absolute atomic E-state index is 0.0482.